The van der Waals surface area contributed by atoms with Gasteiger partial charge in [-0.2, -0.15) is 4.57 Å². The molecule has 0 saturated carbocycles. The lowest BCUT2D eigenvalue weighted by atomic mass is 9.68. The number of pyridine rings is 1. The zero-order valence-corrected chi connectivity index (χ0v) is 38.7. The summed E-state index contributed by atoms with van der Waals surface area (Å²) in [5.74, 6) is -0.316. The largest absolute Gasteiger partial charge is 0.499 e. The number of aromatic nitrogens is 3. The SMILES string of the molecule is [2H]c1c([2H])c([2H])c(-c2c([2H])c([2H])[n+]3c(c2[2H])-c2cc(C(C)(C)C)cc4c2C32Oc3ccccc3-c3n(-c5ccc(-c6c(C(C)(CC)CC)cccc6C(C)(CC)CC)cc5C)c5cccc-4c5[n+]32)c([2H])c1[2H]. The quantitative estimate of drug-likeness (QED) is 0.133. The van der Waals surface area contributed by atoms with Crippen molar-refractivity contribution in [3.8, 4) is 67.5 Å². The number of benzene rings is 6. The van der Waals surface area contributed by atoms with E-state index < -0.39 is 42.1 Å². The standard InChI is InChI=1S/C60H61N3O/c1-11-58(9,12-2)47-26-21-27-48(59(10,13-3)14-4)53(47)41-30-31-49(38(5)34-41)62-50-28-20-25-43-45-36-42(57(6,7)8)37-46-51-35-40(39-22-16-15-17-23-39)32-33-61(51)60(54(45)46)63(55(43)50)56(62)44-24-18-19-29-52(44)64-60/h15-37H,11-14H2,1-10H3/q+2/i15D,16D,17D,22D,23D,32D,33D,35D. The van der Waals surface area contributed by atoms with Gasteiger partial charge in [0.2, 0.25) is 5.69 Å². The number of rotatable bonds is 9. The zero-order chi connectivity index (χ0) is 51.5. The highest BCUT2D eigenvalue weighted by Gasteiger charge is 2.68. The van der Waals surface area contributed by atoms with Crippen molar-refractivity contribution in [3.63, 3.8) is 0 Å². The Hall–Kier alpha value is -6.26. The number of fused-ring (bicyclic) bond motifs is 5. The lowest BCUT2D eigenvalue weighted by Crippen LogP contribution is -2.78. The van der Waals surface area contributed by atoms with Crippen LogP contribution in [0.25, 0.3) is 72.7 Å². The molecule has 0 bridgehead atoms. The molecule has 0 N–H and O–H groups in total. The molecule has 0 radical (unpaired) electrons. The minimum Gasteiger partial charge on any atom is -0.392 e. The van der Waals surface area contributed by atoms with Crippen molar-refractivity contribution in [2.75, 3.05) is 0 Å². The first-order chi connectivity index (χ1) is 34.1. The van der Waals surface area contributed by atoms with Crippen LogP contribution in [0.1, 0.15) is 127 Å². The van der Waals surface area contributed by atoms with Gasteiger partial charge in [0, 0.05) is 23.2 Å². The average molecular weight is 848 g/mol. The zero-order valence-electron chi connectivity index (χ0n) is 46.7. The van der Waals surface area contributed by atoms with Crippen molar-refractivity contribution in [1.82, 2.24) is 4.57 Å². The van der Waals surface area contributed by atoms with E-state index in [2.05, 4.69) is 151 Å². The van der Waals surface area contributed by atoms with Crippen molar-refractivity contribution in [3.05, 3.63) is 167 Å². The molecular formula is C60H61N3O+2. The van der Waals surface area contributed by atoms with Crippen LogP contribution in [0.15, 0.2) is 139 Å². The first kappa shape index (κ1) is 32.4. The summed E-state index contributed by atoms with van der Waals surface area (Å²) in [6.07, 6.45) is 3.72. The third-order valence-electron chi connectivity index (χ3n) is 15.5. The van der Waals surface area contributed by atoms with Crippen LogP contribution in [0.4, 0.5) is 0 Å². The topological polar surface area (TPSA) is 21.9 Å². The van der Waals surface area contributed by atoms with Crippen molar-refractivity contribution in [1.29, 1.82) is 0 Å². The van der Waals surface area contributed by atoms with E-state index in [9.17, 15) is 4.11 Å². The van der Waals surface area contributed by atoms with Gasteiger partial charge in [-0.05, 0) is 142 Å². The molecule has 8 aromatic rings. The summed E-state index contributed by atoms with van der Waals surface area (Å²) in [7, 11) is 0. The number of hydrogen-bond acceptors (Lipinski definition) is 1. The lowest BCUT2D eigenvalue weighted by molar-refractivity contribution is -0.997. The third kappa shape index (κ3) is 5.41. The van der Waals surface area contributed by atoms with Gasteiger partial charge >= 0.3 is 11.7 Å². The molecule has 320 valence electrons. The van der Waals surface area contributed by atoms with Gasteiger partial charge in [0.15, 0.2) is 17.2 Å². The number of para-hydroxylation sites is 2. The highest BCUT2D eigenvalue weighted by Crippen LogP contribution is 2.55. The Kier molecular flexibility index (Phi) is 7.15. The summed E-state index contributed by atoms with van der Waals surface area (Å²) in [5.41, 5.74) is 13.3. The fraction of sp³-hybridized carbons (Fsp3) is 0.300. The molecule has 4 heteroatoms. The fourth-order valence-electron chi connectivity index (χ4n) is 10.9. The third-order valence-corrected chi connectivity index (χ3v) is 15.5. The van der Waals surface area contributed by atoms with E-state index in [0.717, 1.165) is 76.0 Å². The van der Waals surface area contributed by atoms with Crippen LogP contribution in [-0.4, -0.2) is 4.57 Å². The van der Waals surface area contributed by atoms with Crippen molar-refractivity contribution >= 4 is 11.0 Å². The van der Waals surface area contributed by atoms with Crippen LogP contribution in [0.3, 0.4) is 0 Å². The summed E-state index contributed by atoms with van der Waals surface area (Å²) in [6.45, 7) is 22.6. The molecule has 0 fully saturated rings. The van der Waals surface area contributed by atoms with E-state index in [1.165, 1.54) is 22.3 Å². The Morgan fingerprint density at radius 3 is 1.98 bits per heavy atom. The average Bonchev–Trinajstić information content (AvgIpc) is 3.88. The molecule has 3 aliphatic heterocycles. The molecule has 0 aliphatic carbocycles. The molecule has 4 nitrogen and oxygen atoms in total. The van der Waals surface area contributed by atoms with Gasteiger partial charge in [0.1, 0.15) is 23.9 Å². The maximum Gasteiger partial charge on any atom is 0.499 e. The monoisotopic (exact) mass is 848 g/mol. The number of ether oxygens (including phenoxy) is 1. The molecule has 1 atom stereocenters. The summed E-state index contributed by atoms with van der Waals surface area (Å²) in [5, 5.41) is 0. The fourth-order valence-corrected chi connectivity index (χ4v) is 10.9. The number of nitrogens with zero attached hydrogens (tertiary/aromatic N) is 3. The molecule has 6 aromatic carbocycles. The number of imidazole rings is 1. The van der Waals surface area contributed by atoms with E-state index in [1.54, 1.807) is 4.57 Å². The molecule has 1 unspecified atom stereocenters. The van der Waals surface area contributed by atoms with E-state index in [1.807, 2.05) is 18.2 Å². The summed E-state index contributed by atoms with van der Waals surface area (Å²) < 4.78 is 87.3. The summed E-state index contributed by atoms with van der Waals surface area (Å²) in [4.78, 5) is 0. The van der Waals surface area contributed by atoms with Gasteiger partial charge in [0.05, 0.1) is 15.2 Å². The normalized spacial score (nSPS) is 17.5. The maximum absolute atomic E-state index is 10.2. The Balaban J connectivity index is 1.27. The number of hydrogen-bond donors (Lipinski definition) is 0. The molecule has 0 amide bonds. The van der Waals surface area contributed by atoms with Crippen molar-refractivity contribution in [2.45, 2.75) is 117 Å². The van der Waals surface area contributed by atoms with E-state index in [4.69, 9.17) is 11.6 Å². The van der Waals surface area contributed by atoms with Crippen molar-refractivity contribution < 1.29 is 24.8 Å². The van der Waals surface area contributed by atoms with Crippen molar-refractivity contribution in [2.24, 2.45) is 0 Å². The second-order valence-electron chi connectivity index (χ2n) is 19.8. The second kappa shape index (κ2) is 14.1. The minimum absolute atomic E-state index is 0.0315. The molecule has 11 rings (SSSR count). The second-order valence-corrected chi connectivity index (χ2v) is 19.8. The summed E-state index contributed by atoms with van der Waals surface area (Å²) in [6, 6.07) is 28.9. The van der Waals surface area contributed by atoms with E-state index in [0.29, 0.717) is 16.9 Å². The Morgan fingerprint density at radius 1 is 0.656 bits per heavy atom. The maximum atomic E-state index is 10.2. The molecule has 0 saturated heterocycles. The molecule has 64 heavy (non-hydrogen) atoms. The molecular weight excluding hydrogens is 779 g/mol. The van der Waals surface area contributed by atoms with Gasteiger partial charge in [-0.25, -0.2) is 0 Å². The Labute approximate surface area is 391 Å². The highest BCUT2D eigenvalue weighted by molar-refractivity contribution is 5.98. The van der Waals surface area contributed by atoms with Crippen LogP contribution < -0.4 is 13.9 Å². The van der Waals surface area contributed by atoms with Gasteiger partial charge in [-0.3, -0.25) is 0 Å². The van der Waals surface area contributed by atoms with E-state index >= 15 is 0 Å². The Morgan fingerprint density at radius 2 is 1.31 bits per heavy atom. The summed E-state index contributed by atoms with van der Waals surface area (Å²) >= 11 is 0. The van der Waals surface area contributed by atoms with Crippen LogP contribution in [0, 0.1) is 6.92 Å². The van der Waals surface area contributed by atoms with Crippen LogP contribution in [0.2, 0.25) is 0 Å². The van der Waals surface area contributed by atoms with E-state index in [-0.39, 0.29) is 45.3 Å². The molecule has 5 heterocycles. The predicted octanol–water partition coefficient (Wildman–Crippen LogP) is 14.5. The number of aryl methyl sites for hydroxylation is 1. The van der Waals surface area contributed by atoms with Gasteiger partial charge in [-0.15, -0.1) is 9.13 Å². The van der Waals surface area contributed by atoms with Crippen LogP contribution in [-0.2, 0) is 22.1 Å². The lowest BCUT2D eigenvalue weighted by Gasteiger charge is -2.36. The first-order valence-corrected chi connectivity index (χ1v) is 23.1. The predicted molar refractivity (Wildman–Crippen MR) is 263 cm³/mol. The van der Waals surface area contributed by atoms with Crippen LogP contribution in [0.5, 0.6) is 5.75 Å². The van der Waals surface area contributed by atoms with Gasteiger partial charge < -0.3 is 4.74 Å². The highest BCUT2D eigenvalue weighted by atomic mass is 16.5. The molecule has 3 aliphatic rings. The van der Waals surface area contributed by atoms with Crippen LogP contribution >= 0.6 is 0 Å². The first-order valence-electron chi connectivity index (χ1n) is 27.1. The molecule has 2 aromatic heterocycles. The van der Waals surface area contributed by atoms with Gasteiger partial charge in [-0.1, -0.05) is 135 Å². The smallest absolute Gasteiger partial charge is 0.392 e. The molecule has 1 spiro atoms. The Bertz CT molecular complexity index is 3630. The minimum atomic E-state index is -1.67. The van der Waals surface area contributed by atoms with Gasteiger partial charge in [0.25, 0.3) is 0 Å².